The SMILES string of the molecule is O=C1CC[C@@]2(O)[C@H]3Cc4ccc(OC(=O)n5ccnc5)c5c4[C@@]2(CCN3CC2CC2)C1O5. The fourth-order valence-electron chi connectivity index (χ4n) is 6.85. The first kappa shape index (κ1) is 18.8. The second kappa shape index (κ2) is 6.20. The van der Waals surface area contributed by atoms with Crippen molar-refractivity contribution in [3.8, 4) is 11.5 Å². The lowest BCUT2D eigenvalue weighted by Gasteiger charge is -2.62. The minimum absolute atomic E-state index is 0.0196. The Morgan fingerprint density at radius 2 is 2.19 bits per heavy atom. The van der Waals surface area contributed by atoms with Gasteiger partial charge in [-0.25, -0.2) is 14.3 Å². The Hall–Kier alpha value is -2.71. The van der Waals surface area contributed by atoms with Gasteiger partial charge in [0.15, 0.2) is 23.4 Å². The molecule has 4 atom stereocenters. The maximum atomic E-state index is 13.1. The highest BCUT2D eigenvalue weighted by Crippen LogP contribution is 2.65. The molecule has 2 aromatic rings. The quantitative estimate of drug-likeness (QED) is 0.789. The summed E-state index contributed by atoms with van der Waals surface area (Å²) in [7, 11) is 0. The van der Waals surface area contributed by atoms with Gasteiger partial charge < -0.3 is 14.6 Å². The number of hydrogen-bond donors (Lipinski definition) is 1. The number of aliphatic hydroxyl groups is 1. The Morgan fingerprint density at radius 1 is 1.31 bits per heavy atom. The summed E-state index contributed by atoms with van der Waals surface area (Å²) in [5, 5.41) is 12.3. The molecule has 0 radical (unpaired) electrons. The number of nitrogens with zero attached hydrogens (tertiary/aromatic N) is 3. The number of benzene rings is 1. The first-order valence-electron chi connectivity index (χ1n) is 11.5. The molecule has 166 valence electrons. The van der Waals surface area contributed by atoms with Crippen LogP contribution in [0.3, 0.4) is 0 Å². The standard InChI is InChI=1S/C24H25N3O5/c28-16-5-6-24(30)18-11-15-3-4-17(31-22(29)27-10-8-25-13-27)20-19(15)23(24,21(16)32-20)7-9-26(18)12-14-1-2-14/h3-4,8,10,13-14,18,21,30H,1-2,5-7,9,11-12H2/t18-,21?,23+,24-/m1/s1. The molecule has 32 heavy (non-hydrogen) atoms. The van der Waals surface area contributed by atoms with Gasteiger partial charge in [-0.15, -0.1) is 0 Å². The fourth-order valence-corrected chi connectivity index (χ4v) is 6.85. The van der Waals surface area contributed by atoms with Gasteiger partial charge in [-0.05, 0) is 56.2 Å². The summed E-state index contributed by atoms with van der Waals surface area (Å²) in [6, 6.07) is 3.72. The van der Waals surface area contributed by atoms with Crippen LogP contribution in [-0.2, 0) is 16.6 Å². The molecule has 8 nitrogen and oxygen atoms in total. The van der Waals surface area contributed by atoms with Crippen LogP contribution in [-0.4, -0.2) is 62.3 Å². The van der Waals surface area contributed by atoms with Crippen LogP contribution in [0.5, 0.6) is 11.5 Å². The van der Waals surface area contributed by atoms with Crippen LogP contribution < -0.4 is 9.47 Å². The van der Waals surface area contributed by atoms with E-state index in [1.54, 1.807) is 6.07 Å². The van der Waals surface area contributed by atoms with Gasteiger partial charge in [-0.1, -0.05) is 6.07 Å². The van der Waals surface area contributed by atoms with Gasteiger partial charge in [-0.2, -0.15) is 0 Å². The van der Waals surface area contributed by atoms with Crippen molar-refractivity contribution in [2.24, 2.45) is 5.92 Å². The number of carbonyl (C=O) groups excluding carboxylic acids is 2. The lowest BCUT2D eigenvalue weighted by molar-refractivity contribution is -0.188. The number of piperidine rings is 1. The average molecular weight is 435 g/mol. The molecule has 1 aromatic carbocycles. The monoisotopic (exact) mass is 435 g/mol. The van der Waals surface area contributed by atoms with Crippen molar-refractivity contribution >= 4 is 11.9 Å². The van der Waals surface area contributed by atoms with Crippen molar-refractivity contribution in [2.75, 3.05) is 13.1 Å². The van der Waals surface area contributed by atoms with Gasteiger partial charge >= 0.3 is 6.09 Å². The first-order valence-corrected chi connectivity index (χ1v) is 11.5. The first-order chi connectivity index (χ1) is 15.5. The lowest BCUT2D eigenvalue weighted by atomic mass is 9.49. The maximum Gasteiger partial charge on any atom is 0.424 e. The number of Topliss-reactive ketones (excluding diaryl/α,β-unsaturated/α-hetero) is 1. The second-order valence-corrected chi connectivity index (χ2v) is 10.0. The molecular formula is C24H25N3O5. The zero-order valence-electron chi connectivity index (χ0n) is 17.7. The highest BCUT2D eigenvalue weighted by Gasteiger charge is 2.73. The summed E-state index contributed by atoms with van der Waals surface area (Å²) in [4.78, 5) is 32.0. The number of ether oxygens (including phenoxy) is 2. The molecule has 1 aromatic heterocycles. The Balaban J connectivity index is 1.35. The molecular weight excluding hydrogens is 410 g/mol. The van der Waals surface area contributed by atoms with Crippen molar-refractivity contribution in [1.82, 2.24) is 14.5 Å². The van der Waals surface area contributed by atoms with Crippen molar-refractivity contribution in [2.45, 2.75) is 61.7 Å². The van der Waals surface area contributed by atoms with Crippen LogP contribution >= 0.6 is 0 Å². The zero-order valence-corrected chi connectivity index (χ0v) is 17.7. The van der Waals surface area contributed by atoms with Gasteiger partial charge in [0.2, 0.25) is 0 Å². The molecule has 1 spiro atoms. The fraction of sp³-hybridized carbons (Fsp3) is 0.542. The Morgan fingerprint density at radius 3 is 2.97 bits per heavy atom. The van der Waals surface area contributed by atoms with E-state index in [9.17, 15) is 14.7 Å². The molecule has 8 heteroatoms. The van der Waals surface area contributed by atoms with Crippen LogP contribution in [0.1, 0.15) is 43.2 Å². The molecule has 3 heterocycles. The topological polar surface area (TPSA) is 93.9 Å². The van der Waals surface area contributed by atoms with Crippen LogP contribution in [0.4, 0.5) is 4.79 Å². The van der Waals surface area contributed by atoms with E-state index in [0.29, 0.717) is 37.2 Å². The smallest absolute Gasteiger partial charge is 0.424 e. The van der Waals surface area contributed by atoms with Gasteiger partial charge in [-0.3, -0.25) is 9.69 Å². The van der Waals surface area contributed by atoms with E-state index in [4.69, 9.17) is 9.47 Å². The van der Waals surface area contributed by atoms with Gasteiger partial charge in [0, 0.05) is 37.0 Å². The number of ketones is 1. The minimum atomic E-state index is -1.02. The number of aromatic nitrogens is 2. The van der Waals surface area contributed by atoms with Crippen molar-refractivity contribution in [3.63, 3.8) is 0 Å². The van der Waals surface area contributed by atoms with E-state index < -0.39 is 23.2 Å². The second-order valence-electron chi connectivity index (χ2n) is 10.0. The lowest BCUT2D eigenvalue weighted by Crippen LogP contribution is -2.76. The summed E-state index contributed by atoms with van der Waals surface area (Å²) in [5.74, 6) is 1.50. The average Bonchev–Trinajstić information content (AvgIpc) is 3.28. The van der Waals surface area contributed by atoms with Gasteiger partial charge in [0.1, 0.15) is 6.33 Å². The highest BCUT2D eigenvalue weighted by molar-refractivity contribution is 5.90. The number of imidazole rings is 1. The van der Waals surface area contributed by atoms with E-state index in [-0.39, 0.29) is 11.8 Å². The Labute approximate surface area is 185 Å². The molecule has 2 bridgehead atoms. The number of hydrogen-bond acceptors (Lipinski definition) is 7. The zero-order chi connectivity index (χ0) is 21.7. The minimum Gasteiger partial charge on any atom is -0.477 e. The molecule has 5 aliphatic rings. The highest BCUT2D eigenvalue weighted by atomic mass is 16.6. The van der Waals surface area contributed by atoms with E-state index in [0.717, 1.165) is 30.1 Å². The predicted molar refractivity (Wildman–Crippen MR) is 112 cm³/mol. The van der Waals surface area contributed by atoms with Crippen LogP contribution in [0, 0.1) is 5.92 Å². The van der Waals surface area contributed by atoms with Crippen molar-refractivity contribution in [3.05, 3.63) is 42.0 Å². The molecule has 0 amide bonds. The molecule has 1 unspecified atom stereocenters. The maximum absolute atomic E-state index is 13.1. The summed E-state index contributed by atoms with van der Waals surface area (Å²) >= 11 is 0. The molecule has 3 fully saturated rings. The summed E-state index contributed by atoms with van der Waals surface area (Å²) in [5.41, 5.74) is 0.184. The third-order valence-corrected chi connectivity index (χ3v) is 8.46. The molecule has 1 saturated heterocycles. The van der Waals surface area contributed by atoms with Crippen molar-refractivity contribution < 1.29 is 24.2 Å². The van der Waals surface area contributed by atoms with Crippen LogP contribution in [0.2, 0.25) is 0 Å². The normalized spacial score (nSPS) is 34.7. The number of rotatable bonds is 3. The van der Waals surface area contributed by atoms with Crippen molar-refractivity contribution in [1.29, 1.82) is 0 Å². The summed E-state index contributed by atoms with van der Waals surface area (Å²) in [6.07, 6.45) is 7.76. The summed E-state index contributed by atoms with van der Waals surface area (Å²) in [6.45, 7) is 1.86. The largest absolute Gasteiger partial charge is 0.477 e. The summed E-state index contributed by atoms with van der Waals surface area (Å²) < 4.78 is 13.2. The molecule has 2 aliphatic heterocycles. The molecule has 3 aliphatic carbocycles. The van der Waals surface area contributed by atoms with Gasteiger partial charge in [0.25, 0.3) is 0 Å². The molecule has 7 rings (SSSR count). The molecule has 1 N–H and O–H groups in total. The molecule has 2 saturated carbocycles. The van der Waals surface area contributed by atoms with Crippen LogP contribution in [0.15, 0.2) is 30.9 Å². The van der Waals surface area contributed by atoms with Crippen LogP contribution in [0.25, 0.3) is 0 Å². The van der Waals surface area contributed by atoms with Gasteiger partial charge in [0.05, 0.1) is 11.0 Å². The van der Waals surface area contributed by atoms with E-state index >= 15 is 0 Å². The number of likely N-dealkylation sites (tertiary alicyclic amines) is 1. The van der Waals surface area contributed by atoms with E-state index in [1.807, 2.05) is 6.07 Å². The predicted octanol–water partition coefficient (Wildman–Crippen LogP) is 2.06. The Kier molecular flexibility index (Phi) is 3.65. The third-order valence-electron chi connectivity index (χ3n) is 8.46. The third kappa shape index (κ3) is 2.26. The Bertz CT molecular complexity index is 1140. The van der Waals surface area contributed by atoms with E-state index in [1.165, 1.54) is 36.1 Å². The van der Waals surface area contributed by atoms with E-state index in [2.05, 4.69) is 9.88 Å². The number of carbonyl (C=O) groups is 2.